The van der Waals surface area contributed by atoms with Crippen LogP contribution in [0.3, 0.4) is 0 Å². The van der Waals surface area contributed by atoms with E-state index in [1.165, 1.54) is 152 Å². The summed E-state index contributed by atoms with van der Waals surface area (Å²) in [5.74, 6) is -0.653. The number of hydrogen-bond donors (Lipinski definition) is 1. The number of hydrogen-bond acceptors (Lipinski definition) is 1. The lowest BCUT2D eigenvalue weighted by Crippen LogP contribution is -2.41. The zero-order valence-corrected chi connectivity index (χ0v) is 25.3. The predicted octanol–water partition coefficient (Wildman–Crippen LogP) is 10.1. The standard InChI is InChI=1S/C30H61NO2.BrH/c1-4-5-6-7-8-9-10-11-12-13-14-16-19-22-25-28-31(2,3)29-26-23-20-17-15-18-21-24-27-30(32)33;/h4-29H2,1-3H3;1H/p+1. The van der Waals surface area contributed by atoms with Gasteiger partial charge in [-0.2, -0.15) is 0 Å². The van der Waals surface area contributed by atoms with Gasteiger partial charge in [0.05, 0.1) is 27.2 Å². The van der Waals surface area contributed by atoms with Gasteiger partial charge in [-0.3, -0.25) is 4.79 Å². The second kappa shape index (κ2) is 27.5. The van der Waals surface area contributed by atoms with Crippen LogP contribution in [0.1, 0.15) is 161 Å². The van der Waals surface area contributed by atoms with Gasteiger partial charge in [0.2, 0.25) is 0 Å². The molecule has 34 heavy (non-hydrogen) atoms. The van der Waals surface area contributed by atoms with Gasteiger partial charge in [0.25, 0.3) is 0 Å². The minimum absolute atomic E-state index is 0. The normalized spacial score (nSPS) is 11.5. The first-order valence-corrected chi connectivity index (χ1v) is 15.0. The summed E-state index contributed by atoms with van der Waals surface area (Å²) >= 11 is 0. The van der Waals surface area contributed by atoms with Crippen LogP contribution in [0.25, 0.3) is 0 Å². The van der Waals surface area contributed by atoms with E-state index >= 15 is 0 Å². The third kappa shape index (κ3) is 29.9. The van der Waals surface area contributed by atoms with E-state index in [1.807, 2.05) is 0 Å². The number of rotatable bonds is 27. The van der Waals surface area contributed by atoms with Crippen LogP contribution >= 0.6 is 17.0 Å². The summed E-state index contributed by atoms with van der Waals surface area (Å²) in [6, 6.07) is 0. The molecule has 0 amide bonds. The van der Waals surface area contributed by atoms with Crippen LogP contribution in [0.2, 0.25) is 0 Å². The summed E-state index contributed by atoms with van der Waals surface area (Å²) in [7, 11) is 4.82. The van der Waals surface area contributed by atoms with E-state index in [4.69, 9.17) is 5.11 Å². The molecule has 0 aliphatic heterocycles. The molecule has 3 nitrogen and oxygen atoms in total. The third-order valence-corrected chi connectivity index (χ3v) is 7.27. The van der Waals surface area contributed by atoms with Crippen LogP contribution in [0.15, 0.2) is 0 Å². The van der Waals surface area contributed by atoms with Crippen molar-refractivity contribution in [1.29, 1.82) is 0 Å². The van der Waals surface area contributed by atoms with Gasteiger partial charge in [-0.05, 0) is 32.1 Å². The van der Waals surface area contributed by atoms with Crippen molar-refractivity contribution >= 4 is 23.0 Å². The van der Waals surface area contributed by atoms with E-state index in [9.17, 15) is 4.79 Å². The number of nitrogens with zero attached hydrogens (tertiary/aromatic N) is 1. The summed E-state index contributed by atoms with van der Waals surface area (Å²) < 4.78 is 1.19. The van der Waals surface area contributed by atoms with Crippen molar-refractivity contribution in [3.05, 3.63) is 0 Å². The van der Waals surface area contributed by atoms with Crippen molar-refractivity contribution < 1.29 is 14.4 Å². The van der Waals surface area contributed by atoms with Crippen molar-refractivity contribution in [2.75, 3.05) is 27.2 Å². The molecular formula is C30H63BrNO2+. The molecule has 0 saturated carbocycles. The van der Waals surface area contributed by atoms with Gasteiger partial charge in [-0.15, -0.1) is 17.0 Å². The molecule has 0 rings (SSSR count). The van der Waals surface area contributed by atoms with Crippen LogP contribution in [0, 0.1) is 0 Å². The Morgan fingerprint density at radius 1 is 0.500 bits per heavy atom. The van der Waals surface area contributed by atoms with Crippen LogP contribution in [0.5, 0.6) is 0 Å². The zero-order valence-electron chi connectivity index (χ0n) is 23.6. The van der Waals surface area contributed by atoms with Gasteiger partial charge in [-0.1, -0.05) is 122 Å². The molecule has 0 spiro atoms. The van der Waals surface area contributed by atoms with E-state index in [2.05, 4.69) is 21.0 Å². The lowest BCUT2D eigenvalue weighted by Gasteiger charge is -2.30. The average Bonchev–Trinajstić information content (AvgIpc) is 2.77. The molecule has 0 radical (unpaired) electrons. The van der Waals surface area contributed by atoms with Gasteiger partial charge >= 0.3 is 5.97 Å². The number of quaternary nitrogens is 1. The molecule has 0 aliphatic rings. The first-order valence-electron chi connectivity index (χ1n) is 15.0. The second-order valence-corrected chi connectivity index (χ2v) is 11.3. The Kier molecular flexibility index (Phi) is 29.2. The Hall–Kier alpha value is -0.0900. The molecule has 1 N–H and O–H groups in total. The molecule has 0 unspecified atom stereocenters. The highest BCUT2D eigenvalue weighted by atomic mass is 79.9. The first-order chi connectivity index (χ1) is 16.0. The van der Waals surface area contributed by atoms with Crippen molar-refractivity contribution in [3.8, 4) is 0 Å². The highest BCUT2D eigenvalue weighted by Gasteiger charge is 2.13. The second-order valence-electron chi connectivity index (χ2n) is 11.3. The first kappa shape index (κ1) is 36.1. The number of carbonyl (C=O) groups is 1. The molecule has 0 aromatic rings. The van der Waals surface area contributed by atoms with Gasteiger partial charge in [0, 0.05) is 6.42 Å². The number of carboxylic acids is 1. The fourth-order valence-corrected chi connectivity index (χ4v) is 4.90. The van der Waals surface area contributed by atoms with E-state index < -0.39 is 5.97 Å². The number of aliphatic carboxylic acids is 1. The SMILES string of the molecule is Br.CCCCCCCCCCCCCCCCC[N+](C)(C)CCCCCCCCCCC(=O)O. The predicted molar refractivity (Wildman–Crippen MR) is 156 cm³/mol. The molecule has 0 saturated heterocycles. The van der Waals surface area contributed by atoms with E-state index in [1.54, 1.807) is 0 Å². The van der Waals surface area contributed by atoms with Gasteiger partial charge in [0.1, 0.15) is 0 Å². The van der Waals surface area contributed by atoms with Crippen LogP contribution < -0.4 is 0 Å². The molecule has 0 atom stereocenters. The minimum atomic E-state index is -0.653. The van der Waals surface area contributed by atoms with Gasteiger partial charge < -0.3 is 9.59 Å². The fraction of sp³-hybridized carbons (Fsp3) is 0.967. The molecule has 0 aliphatic carbocycles. The largest absolute Gasteiger partial charge is 0.481 e. The van der Waals surface area contributed by atoms with Gasteiger partial charge in [0.15, 0.2) is 0 Å². The summed E-state index contributed by atoms with van der Waals surface area (Å²) in [6.07, 6.45) is 31.7. The minimum Gasteiger partial charge on any atom is -0.481 e. The van der Waals surface area contributed by atoms with Gasteiger partial charge in [-0.25, -0.2) is 0 Å². The molecule has 0 aromatic heterocycles. The average molecular weight is 550 g/mol. The van der Waals surface area contributed by atoms with Crippen LogP contribution in [-0.4, -0.2) is 42.7 Å². The number of halogens is 1. The van der Waals surface area contributed by atoms with E-state index in [0.29, 0.717) is 6.42 Å². The molecule has 0 fully saturated rings. The van der Waals surface area contributed by atoms with E-state index in [-0.39, 0.29) is 17.0 Å². The topological polar surface area (TPSA) is 37.3 Å². The van der Waals surface area contributed by atoms with Crippen molar-refractivity contribution in [2.24, 2.45) is 0 Å². The van der Waals surface area contributed by atoms with E-state index in [0.717, 1.165) is 12.8 Å². The molecule has 4 heteroatoms. The monoisotopic (exact) mass is 548 g/mol. The zero-order chi connectivity index (χ0) is 24.5. The smallest absolute Gasteiger partial charge is 0.303 e. The van der Waals surface area contributed by atoms with Crippen molar-refractivity contribution in [2.45, 2.75) is 161 Å². The maximum Gasteiger partial charge on any atom is 0.303 e. The summed E-state index contributed by atoms with van der Waals surface area (Å²) in [5.41, 5.74) is 0. The Balaban J connectivity index is 0. The summed E-state index contributed by atoms with van der Waals surface area (Å²) in [4.78, 5) is 10.5. The molecule has 0 aromatic carbocycles. The maximum atomic E-state index is 10.5. The van der Waals surface area contributed by atoms with Crippen LogP contribution in [0.4, 0.5) is 0 Å². The fourth-order valence-electron chi connectivity index (χ4n) is 4.90. The number of carboxylic acid groups (broad SMARTS) is 1. The molecule has 206 valence electrons. The molecule has 0 bridgehead atoms. The Labute approximate surface area is 225 Å². The summed E-state index contributed by atoms with van der Waals surface area (Å²) in [5, 5.41) is 8.64. The summed E-state index contributed by atoms with van der Waals surface area (Å²) in [6.45, 7) is 4.95. The Morgan fingerprint density at radius 3 is 1.06 bits per heavy atom. The molecular weight excluding hydrogens is 486 g/mol. The lowest BCUT2D eigenvalue weighted by molar-refractivity contribution is -0.890. The highest BCUT2D eigenvalue weighted by molar-refractivity contribution is 8.93. The van der Waals surface area contributed by atoms with Crippen molar-refractivity contribution in [1.82, 2.24) is 0 Å². The lowest BCUT2D eigenvalue weighted by atomic mass is 10.0. The third-order valence-electron chi connectivity index (χ3n) is 7.27. The Bertz CT molecular complexity index is 415. The molecule has 0 heterocycles. The maximum absolute atomic E-state index is 10.5. The number of unbranched alkanes of at least 4 members (excludes halogenated alkanes) is 21. The quantitative estimate of drug-likeness (QED) is 0.0817. The van der Waals surface area contributed by atoms with Crippen LogP contribution in [-0.2, 0) is 4.79 Å². The Morgan fingerprint density at radius 2 is 0.765 bits per heavy atom. The highest BCUT2D eigenvalue weighted by Crippen LogP contribution is 2.15. The van der Waals surface area contributed by atoms with Crippen molar-refractivity contribution in [3.63, 3.8) is 0 Å².